The van der Waals surface area contributed by atoms with E-state index < -0.39 is 5.97 Å². The Morgan fingerprint density at radius 3 is 2.63 bits per heavy atom. The van der Waals surface area contributed by atoms with Crippen molar-refractivity contribution in [2.45, 2.75) is 26.9 Å². The topological polar surface area (TPSA) is 77.3 Å². The molecule has 1 aromatic carbocycles. The van der Waals surface area contributed by atoms with Gasteiger partial charge < -0.3 is 14.7 Å². The Kier molecular flexibility index (Phi) is 3.25. The molecular weight excluding hydrogens is 248 g/mol. The van der Waals surface area contributed by atoms with Crippen LogP contribution in [-0.4, -0.2) is 16.8 Å². The Morgan fingerprint density at radius 1 is 1.37 bits per heavy atom. The summed E-state index contributed by atoms with van der Waals surface area (Å²) in [6.07, 6.45) is -0.363. The monoisotopic (exact) mass is 262 g/mol. The number of hydrogen-bond donors (Lipinski definition) is 0. The normalized spacial score (nSPS) is 10.9. The van der Waals surface area contributed by atoms with Gasteiger partial charge in [0.25, 0.3) is 5.52 Å². The van der Waals surface area contributed by atoms with E-state index in [1.807, 2.05) is 0 Å². The zero-order valence-electron chi connectivity index (χ0n) is 10.9. The molecule has 100 valence electrons. The fourth-order valence-electron chi connectivity index (χ4n) is 1.85. The summed E-state index contributed by atoms with van der Waals surface area (Å²) in [7, 11) is 0. The first kappa shape index (κ1) is 13.1. The lowest BCUT2D eigenvalue weighted by atomic mass is 10.2. The van der Waals surface area contributed by atoms with Crippen LogP contribution in [-0.2, 0) is 4.74 Å². The van der Waals surface area contributed by atoms with Gasteiger partial charge in [-0.25, -0.2) is 4.79 Å². The number of hydrogen-bond acceptors (Lipinski definition) is 4. The molecule has 0 aliphatic carbocycles. The maximum atomic E-state index is 12.2. The van der Waals surface area contributed by atoms with Gasteiger partial charge in [-0.2, -0.15) is 0 Å². The number of rotatable bonds is 2. The summed E-state index contributed by atoms with van der Waals surface area (Å²) in [6.45, 7) is 4.77. The van der Waals surface area contributed by atoms with E-state index in [4.69, 9.17) is 4.74 Å². The van der Waals surface area contributed by atoms with E-state index in [0.29, 0.717) is 9.16 Å². The number of fused-ring (bicyclic) bond motifs is 1. The summed E-state index contributed by atoms with van der Waals surface area (Å²) in [5, 5.41) is 12.0. The molecule has 1 heterocycles. The van der Waals surface area contributed by atoms with E-state index in [9.17, 15) is 14.9 Å². The lowest BCUT2D eigenvalue weighted by Crippen LogP contribution is -2.32. The summed E-state index contributed by atoms with van der Waals surface area (Å²) in [5.74, 6) is -0.794. The van der Waals surface area contributed by atoms with Gasteiger partial charge in [-0.1, -0.05) is 12.1 Å². The summed E-state index contributed by atoms with van der Waals surface area (Å²) in [4.78, 5) is 24.1. The molecule has 6 nitrogen and oxygen atoms in total. The van der Waals surface area contributed by atoms with Crippen LogP contribution in [0.2, 0.25) is 0 Å². The molecule has 6 heteroatoms. The second-order valence-electron chi connectivity index (χ2n) is 4.47. The third-order valence-electron chi connectivity index (χ3n) is 2.71. The van der Waals surface area contributed by atoms with Gasteiger partial charge in [-0.05, 0) is 26.8 Å². The summed E-state index contributed by atoms with van der Waals surface area (Å²) in [5.41, 5.74) is 0.108. The quantitative estimate of drug-likeness (QED) is 0.610. The molecule has 0 fully saturated rings. The predicted octanol–water partition coefficient (Wildman–Crippen LogP) is 1.78. The molecule has 1 aromatic heterocycles. The number of para-hydroxylation sites is 2. The number of benzene rings is 1. The van der Waals surface area contributed by atoms with Gasteiger partial charge in [-0.3, -0.25) is 0 Å². The Balaban J connectivity index is 2.75. The SMILES string of the molecule is Cc1c(C(=O)OC(C)C)[n+](=O)c2ccccc2n1[O-]. The minimum Gasteiger partial charge on any atom is -0.805 e. The van der Waals surface area contributed by atoms with E-state index in [0.717, 1.165) is 0 Å². The third-order valence-corrected chi connectivity index (χ3v) is 2.71. The average Bonchev–Trinajstić information content (AvgIpc) is 2.35. The lowest BCUT2D eigenvalue weighted by molar-refractivity contribution is -0.469. The molecule has 0 spiro atoms. The van der Waals surface area contributed by atoms with Crippen molar-refractivity contribution >= 4 is 17.0 Å². The van der Waals surface area contributed by atoms with Crippen molar-refractivity contribution in [3.05, 3.63) is 45.8 Å². The van der Waals surface area contributed by atoms with Crippen molar-refractivity contribution < 1.29 is 14.0 Å². The van der Waals surface area contributed by atoms with E-state index in [2.05, 4.69) is 0 Å². The van der Waals surface area contributed by atoms with E-state index in [1.54, 1.807) is 26.0 Å². The van der Waals surface area contributed by atoms with Crippen LogP contribution in [0, 0.1) is 17.0 Å². The molecule has 2 rings (SSSR count). The second kappa shape index (κ2) is 4.72. The second-order valence-corrected chi connectivity index (χ2v) is 4.47. The van der Waals surface area contributed by atoms with Gasteiger partial charge in [0.2, 0.25) is 0 Å². The maximum Gasteiger partial charge on any atom is 0.411 e. The van der Waals surface area contributed by atoms with E-state index in [1.165, 1.54) is 19.1 Å². The summed E-state index contributed by atoms with van der Waals surface area (Å²) >= 11 is 0. The zero-order valence-corrected chi connectivity index (χ0v) is 10.9. The van der Waals surface area contributed by atoms with Crippen molar-refractivity contribution in [3.8, 4) is 0 Å². The van der Waals surface area contributed by atoms with Crippen molar-refractivity contribution in [1.29, 1.82) is 0 Å². The predicted molar refractivity (Wildman–Crippen MR) is 69.4 cm³/mol. The van der Waals surface area contributed by atoms with Crippen molar-refractivity contribution in [2.24, 2.45) is 0 Å². The smallest absolute Gasteiger partial charge is 0.411 e. The molecule has 0 unspecified atom stereocenters. The number of nitrogens with zero attached hydrogens (tertiary/aromatic N) is 2. The Morgan fingerprint density at radius 2 is 2.00 bits per heavy atom. The van der Waals surface area contributed by atoms with Gasteiger partial charge in [0.1, 0.15) is 5.52 Å². The van der Waals surface area contributed by atoms with Crippen LogP contribution in [0.3, 0.4) is 0 Å². The fourth-order valence-corrected chi connectivity index (χ4v) is 1.85. The van der Waals surface area contributed by atoms with Crippen LogP contribution in [0.5, 0.6) is 0 Å². The molecule has 0 saturated carbocycles. The van der Waals surface area contributed by atoms with Crippen molar-refractivity contribution in [3.63, 3.8) is 0 Å². The average molecular weight is 262 g/mol. The van der Waals surface area contributed by atoms with Gasteiger partial charge in [0.05, 0.1) is 16.2 Å². The Hall–Kier alpha value is -2.37. The molecule has 0 aliphatic rings. The number of esters is 1. The standard InChI is InChI=1S/C13H14N2O4/c1-8(2)19-13(16)12-9(3)14(17)10-6-4-5-7-11(10)15(12)18/h4-8H,1-3H3. The molecule has 0 atom stereocenters. The molecule has 0 amide bonds. The highest BCUT2D eigenvalue weighted by Crippen LogP contribution is 2.14. The molecule has 2 aromatic rings. The first-order chi connectivity index (χ1) is 8.93. The fraction of sp³-hybridized carbons (Fsp3) is 0.308. The third kappa shape index (κ3) is 2.16. The lowest BCUT2D eigenvalue weighted by Gasteiger charge is -2.16. The van der Waals surface area contributed by atoms with Crippen LogP contribution in [0.15, 0.2) is 24.3 Å². The van der Waals surface area contributed by atoms with Crippen LogP contribution < -0.4 is 4.43 Å². The molecule has 19 heavy (non-hydrogen) atoms. The molecular formula is C13H14N2O4. The minimum absolute atomic E-state index is 0.0272. The highest BCUT2D eigenvalue weighted by molar-refractivity contribution is 5.88. The van der Waals surface area contributed by atoms with Crippen molar-refractivity contribution in [2.75, 3.05) is 0 Å². The first-order valence-electron chi connectivity index (χ1n) is 5.89. The molecule has 0 radical (unpaired) electrons. The van der Waals surface area contributed by atoms with Gasteiger partial charge in [0.15, 0.2) is 0 Å². The zero-order chi connectivity index (χ0) is 14.2. The van der Waals surface area contributed by atoms with Crippen molar-refractivity contribution in [1.82, 2.24) is 4.73 Å². The Labute approximate surface area is 109 Å². The van der Waals surface area contributed by atoms with Gasteiger partial charge >= 0.3 is 11.7 Å². The summed E-state index contributed by atoms with van der Waals surface area (Å²) in [6, 6.07) is 6.30. The van der Waals surface area contributed by atoms with Crippen LogP contribution in [0.1, 0.15) is 30.0 Å². The molecule has 0 bridgehead atoms. The van der Waals surface area contributed by atoms with Crippen LogP contribution in [0.25, 0.3) is 11.0 Å². The van der Waals surface area contributed by atoms with Crippen LogP contribution in [0.4, 0.5) is 0 Å². The van der Waals surface area contributed by atoms with Crippen LogP contribution >= 0.6 is 0 Å². The maximum absolute atomic E-state index is 12.2. The first-order valence-corrected chi connectivity index (χ1v) is 5.89. The molecule has 0 aliphatic heterocycles. The number of ether oxygens (including phenoxy) is 1. The number of aromatic nitrogens is 2. The highest BCUT2D eigenvalue weighted by Gasteiger charge is 2.28. The molecule has 0 N–H and O–H groups in total. The number of carbonyl (C=O) groups excluding carboxylic acids is 1. The Bertz CT molecular complexity index is 704. The van der Waals surface area contributed by atoms with Gasteiger partial charge in [-0.15, -0.1) is 0 Å². The highest BCUT2D eigenvalue weighted by atomic mass is 16.5. The summed E-state index contributed by atoms with van der Waals surface area (Å²) < 4.78 is 6.01. The number of carbonyl (C=O) groups is 1. The molecule has 0 saturated heterocycles. The van der Waals surface area contributed by atoms with E-state index >= 15 is 0 Å². The van der Waals surface area contributed by atoms with E-state index in [-0.39, 0.29) is 28.5 Å². The minimum atomic E-state index is -0.794. The van der Waals surface area contributed by atoms with Gasteiger partial charge in [0, 0.05) is 11.0 Å². The largest absolute Gasteiger partial charge is 0.805 e.